The summed E-state index contributed by atoms with van der Waals surface area (Å²) in [6.07, 6.45) is 0. The van der Waals surface area contributed by atoms with Crippen LogP contribution in [-0.2, 0) is 4.74 Å². The molecule has 2 aromatic rings. The van der Waals surface area contributed by atoms with E-state index in [1.165, 1.54) is 31.4 Å². The van der Waals surface area contributed by atoms with Crippen LogP contribution in [0.25, 0.3) is 11.3 Å². The van der Waals surface area contributed by atoms with E-state index in [-0.39, 0.29) is 23.9 Å². The Balaban J connectivity index is 2.60. The van der Waals surface area contributed by atoms with Crippen LogP contribution in [0.3, 0.4) is 0 Å². The topological polar surface area (TPSA) is 104 Å². The predicted molar refractivity (Wildman–Crippen MR) is 81.4 cm³/mol. The number of non-ortho nitro benzene ring substituents is 1. The molecule has 0 aliphatic heterocycles. The molecule has 2 rings (SSSR count). The van der Waals surface area contributed by atoms with E-state index < -0.39 is 10.9 Å². The lowest BCUT2D eigenvalue weighted by molar-refractivity contribution is -0.384. The van der Waals surface area contributed by atoms with Crippen LogP contribution in [0.5, 0.6) is 6.01 Å². The second-order valence-corrected chi connectivity index (χ2v) is 4.54. The number of benzene rings is 1. The number of carbonyl (C=O) groups excluding carboxylic acids is 1. The van der Waals surface area contributed by atoms with Gasteiger partial charge in [-0.25, -0.2) is 4.79 Å². The van der Waals surface area contributed by atoms with Crippen molar-refractivity contribution in [3.8, 4) is 17.3 Å². The minimum absolute atomic E-state index is 0.0517. The third-order valence-electron chi connectivity index (χ3n) is 3.08. The molecule has 0 fully saturated rings. The average Bonchev–Trinajstić information content (AvgIpc) is 2.54. The summed E-state index contributed by atoms with van der Waals surface area (Å²) in [5, 5.41) is 10.7. The van der Waals surface area contributed by atoms with Gasteiger partial charge in [-0.15, -0.1) is 0 Å². The molecular weight excluding hydrogens is 302 g/mol. The Morgan fingerprint density at radius 3 is 2.43 bits per heavy atom. The lowest BCUT2D eigenvalue weighted by Gasteiger charge is -2.12. The number of nitrogens with zero attached hydrogens (tertiary/aromatic N) is 3. The molecule has 0 spiro atoms. The quantitative estimate of drug-likeness (QED) is 0.474. The lowest BCUT2D eigenvalue weighted by atomic mass is 10.0. The van der Waals surface area contributed by atoms with Crippen LogP contribution in [0.2, 0.25) is 0 Å². The molecule has 0 radical (unpaired) electrons. The molecule has 8 nitrogen and oxygen atoms in total. The molecule has 1 heterocycles. The molecule has 0 unspecified atom stereocenters. The van der Waals surface area contributed by atoms with Crippen molar-refractivity contribution >= 4 is 11.7 Å². The molecule has 23 heavy (non-hydrogen) atoms. The molecule has 0 bridgehead atoms. The summed E-state index contributed by atoms with van der Waals surface area (Å²) >= 11 is 0. The number of hydrogen-bond acceptors (Lipinski definition) is 7. The van der Waals surface area contributed by atoms with Gasteiger partial charge in [-0.2, -0.15) is 9.97 Å². The first-order valence-corrected chi connectivity index (χ1v) is 6.82. The number of hydrogen-bond donors (Lipinski definition) is 0. The first-order chi connectivity index (χ1) is 11.0. The monoisotopic (exact) mass is 317 g/mol. The van der Waals surface area contributed by atoms with Crippen molar-refractivity contribution < 1.29 is 19.2 Å². The Morgan fingerprint density at radius 1 is 1.26 bits per heavy atom. The maximum absolute atomic E-state index is 12.2. The minimum Gasteiger partial charge on any atom is -0.467 e. The van der Waals surface area contributed by atoms with Gasteiger partial charge in [0.25, 0.3) is 5.69 Å². The van der Waals surface area contributed by atoms with Gasteiger partial charge >= 0.3 is 12.0 Å². The van der Waals surface area contributed by atoms with Crippen LogP contribution in [0.4, 0.5) is 5.69 Å². The standard InChI is InChI=1S/C15H15N3O5/c1-4-23-14(19)12-9(2)16-15(22-3)17-13(12)10-5-7-11(8-6-10)18(20)21/h5-8H,4H2,1-3H3. The Hall–Kier alpha value is -3.03. The minimum atomic E-state index is -0.555. The number of esters is 1. The van der Waals surface area contributed by atoms with Crippen molar-refractivity contribution in [3.05, 3.63) is 45.6 Å². The molecule has 0 N–H and O–H groups in total. The van der Waals surface area contributed by atoms with Gasteiger partial charge in [0.15, 0.2) is 0 Å². The van der Waals surface area contributed by atoms with Crippen LogP contribution in [-0.4, -0.2) is 34.6 Å². The van der Waals surface area contributed by atoms with Gasteiger partial charge in [0.2, 0.25) is 0 Å². The molecule has 1 aromatic heterocycles. The fourth-order valence-corrected chi connectivity index (χ4v) is 2.04. The summed E-state index contributed by atoms with van der Waals surface area (Å²) < 4.78 is 10.1. The zero-order valence-corrected chi connectivity index (χ0v) is 12.9. The molecule has 0 amide bonds. The SMILES string of the molecule is CCOC(=O)c1c(C)nc(OC)nc1-c1ccc([N+](=O)[O-])cc1. The smallest absolute Gasteiger partial charge is 0.342 e. The maximum atomic E-state index is 12.2. The van der Waals surface area contributed by atoms with E-state index in [2.05, 4.69) is 9.97 Å². The second kappa shape index (κ2) is 6.82. The highest BCUT2D eigenvalue weighted by Gasteiger charge is 2.22. The molecular formula is C15H15N3O5. The maximum Gasteiger partial charge on any atom is 0.342 e. The molecule has 1 aromatic carbocycles. The number of nitro benzene ring substituents is 1. The summed E-state index contributed by atoms with van der Waals surface area (Å²) in [6, 6.07) is 5.82. The van der Waals surface area contributed by atoms with E-state index in [1.54, 1.807) is 13.8 Å². The summed E-state index contributed by atoms with van der Waals surface area (Å²) in [5.41, 5.74) is 1.40. The molecule has 0 aliphatic carbocycles. The molecule has 0 atom stereocenters. The third kappa shape index (κ3) is 3.42. The van der Waals surface area contributed by atoms with E-state index in [0.29, 0.717) is 17.0 Å². The molecule has 0 saturated carbocycles. The zero-order valence-electron chi connectivity index (χ0n) is 12.9. The van der Waals surface area contributed by atoms with Crippen molar-refractivity contribution in [1.82, 2.24) is 9.97 Å². The van der Waals surface area contributed by atoms with Crippen molar-refractivity contribution in [1.29, 1.82) is 0 Å². The van der Waals surface area contributed by atoms with Gasteiger partial charge in [0, 0.05) is 17.7 Å². The number of rotatable bonds is 5. The normalized spacial score (nSPS) is 10.2. The Labute approximate surface area is 132 Å². The van der Waals surface area contributed by atoms with Gasteiger partial charge in [-0.1, -0.05) is 0 Å². The van der Waals surface area contributed by atoms with Gasteiger partial charge in [-0.05, 0) is 26.0 Å². The van der Waals surface area contributed by atoms with Crippen molar-refractivity contribution in [3.63, 3.8) is 0 Å². The molecule has 8 heteroatoms. The van der Waals surface area contributed by atoms with Crippen LogP contribution in [0.1, 0.15) is 23.0 Å². The van der Waals surface area contributed by atoms with E-state index in [1.807, 2.05) is 0 Å². The van der Waals surface area contributed by atoms with E-state index >= 15 is 0 Å². The number of aryl methyl sites for hydroxylation is 1. The van der Waals surface area contributed by atoms with E-state index in [4.69, 9.17) is 9.47 Å². The van der Waals surface area contributed by atoms with Crippen LogP contribution in [0, 0.1) is 17.0 Å². The first-order valence-electron chi connectivity index (χ1n) is 6.82. The van der Waals surface area contributed by atoms with Crippen molar-refractivity contribution in [2.45, 2.75) is 13.8 Å². The molecule has 120 valence electrons. The van der Waals surface area contributed by atoms with Gasteiger partial charge < -0.3 is 9.47 Å². The predicted octanol–water partition coefficient (Wildman–Crippen LogP) is 2.55. The highest BCUT2D eigenvalue weighted by molar-refractivity contribution is 5.97. The first kappa shape index (κ1) is 16.3. The summed E-state index contributed by atoms with van der Waals surface area (Å²) in [4.78, 5) is 30.7. The van der Waals surface area contributed by atoms with Crippen LogP contribution in [0.15, 0.2) is 24.3 Å². The Bertz CT molecular complexity index is 744. The van der Waals surface area contributed by atoms with Crippen molar-refractivity contribution in [2.24, 2.45) is 0 Å². The lowest BCUT2D eigenvalue weighted by Crippen LogP contribution is -2.12. The number of aromatic nitrogens is 2. The van der Waals surface area contributed by atoms with Crippen LogP contribution >= 0.6 is 0 Å². The van der Waals surface area contributed by atoms with E-state index in [0.717, 1.165) is 0 Å². The number of nitro groups is 1. The summed E-state index contributed by atoms with van der Waals surface area (Å²) in [6.45, 7) is 3.55. The summed E-state index contributed by atoms with van der Waals surface area (Å²) in [5.74, 6) is -0.555. The highest BCUT2D eigenvalue weighted by Crippen LogP contribution is 2.27. The fraction of sp³-hybridized carbons (Fsp3) is 0.267. The van der Waals surface area contributed by atoms with Gasteiger partial charge in [-0.3, -0.25) is 10.1 Å². The number of carbonyl (C=O) groups is 1. The van der Waals surface area contributed by atoms with Gasteiger partial charge in [0.1, 0.15) is 5.56 Å². The number of methoxy groups -OCH3 is 1. The average molecular weight is 317 g/mol. The zero-order chi connectivity index (χ0) is 17.0. The fourth-order valence-electron chi connectivity index (χ4n) is 2.04. The van der Waals surface area contributed by atoms with Crippen molar-refractivity contribution in [2.75, 3.05) is 13.7 Å². The molecule has 0 aliphatic rings. The van der Waals surface area contributed by atoms with Crippen LogP contribution < -0.4 is 4.74 Å². The molecule has 0 saturated heterocycles. The largest absolute Gasteiger partial charge is 0.467 e. The van der Waals surface area contributed by atoms with E-state index in [9.17, 15) is 14.9 Å². The Morgan fingerprint density at radius 2 is 1.91 bits per heavy atom. The second-order valence-electron chi connectivity index (χ2n) is 4.54. The third-order valence-corrected chi connectivity index (χ3v) is 3.08. The Kier molecular flexibility index (Phi) is 4.85. The van der Waals surface area contributed by atoms with Gasteiger partial charge in [0.05, 0.1) is 30.0 Å². The number of ether oxygens (including phenoxy) is 2. The highest BCUT2D eigenvalue weighted by atomic mass is 16.6. The summed E-state index contributed by atoms with van der Waals surface area (Å²) in [7, 11) is 1.42.